The number of aliphatic hydroxyl groups excluding tert-OH is 3. The fourth-order valence-corrected chi connectivity index (χ4v) is 4.33. The van der Waals surface area contributed by atoms with E-state index < -0.39 is 60.6 Å². The van der Waals surface area contributed by atoms with Gasteiger partial charge in [-0.15, -0.1) is 0 Å². The van der Waals surface area contributed by atoms with Crippen LogP contribution in [0, 0.1) is 0 Å². The molecule has 1 fully saturated rings. The Kier molecular flexibility index (Phi) is 8.23. The normalized spacial score (nSPS) is 24.1. The van der Waals surface area contributed by atoms with Gasteiger partial charge in [-0.25, -0.2) is 4.79 Å². The van der Waals surface area contributed by atoms with Gasteiger partial charge in [-0.2, -0.15) is 0 Å². The van der Waals surface area contributed by atoms with E-state index in [0.29, 0.717) is 11.1 Å². The molecule has 3 aromatic rings. The van der Waals surface area contributed by atoms with Crippen LogP contribution in [0.15, 0.2) is 66.4 Å². The van der Waals surface area contributed by atoms with Crippen LogP contribution in [0.1, 0.15) is 21.5 Å². The molecule has 2 heterocycles. The second kappa shape index (κ2) is 12.0. The summed E-state index contributed by atoms with van der Waals surface area (Å²) in [6, 6.07) is 12.4. The van der Waals surface area contributed by atoms with Crippen molar-refractivity contribution in [1.29, 1.82) is 0 Å². The molecular weight excluding hydrogens is 568 g/mol. The molecule has 43 heavy (non-hydrogen) atoms. The number of ether oxygens (including phenoxy) is 4. The number of carbonyl (C=O) groups is 2. The molecule has 0 radical (unpaired) electrons. The summed E-state index contributed by atoms with van der Waals surface area (Å²) >= 11 is 0. The molecule has 13 heteroatoms. The number of aliphatic hydroxyl groups is 3. The van der Waals surface area contributed by atoms with Crippen LogP contribution in [-0.2, 0) is 14.3 Å². The Morgan fingerprint density at radius 1 is 0.860 bits per heavy atom. The Hall–Kier alpha value is -5.08. The smallest absolute Gasteiger partial charge is 0.330 e. The molecule has 7 N–H and O–H groups in total. The molecule has 5 rings (SSSR count). The van der Waals surface area contributed by atoms with Crippen LogP contribution in [0.2, 0.25) is 0 Å². The number of rotatable bonds is 7. The fourth-order valence-electron chi connectivity index (χ4n) is 4.33. The van der Waals surface area contributed by atoms with E-state index in [4.69, 9.17) is 18.9 Å². The van der Waals surface area contributed by atoms with E-state index in [2.05, 4.69) is 0 Å². The Morgan fingerprint density at radius 2 is 1.58 bits per heavy atom. The molecule has 0 bridgehead atoms. The van der Waals surface area contributed by atoms with Crippen molar-refractivity contribution in [3.8, 4) is 34.5 Å². The number of allylic oxidation sites excluding steroid dienone is 1. The van der Waals surface area contributed by atoms with Crippen LogP contribution in [0.3, 0.4) is 0 Å². The van der Waals surface area contributed by atoms with Gasteiger partial charge in [-0.1, -0.05) is 18.2 Å². The van der Waals surface area contributed by atoms with E-state index in [1.165, 1.54) is 54.6 Å². The maximum Gasteiger partial charge on any atom is 0.330 e. The number of fused-ring (bicyclic) bond motifs is 1. The quantitative estimate of drug-likeness (QED) is 0.118. The molecule has 0 amide bonds. The number of phenolic OH excluding ortho intramolecular Hbond substituents is 4. The molecule has 2 aliphatic heterocycles. The van der Waals surface area contributed by atoms with E-state index >= 15 is 0 Å². The van der Waals surface area contributed by atoms with Gasteiger partial charge in [0.2, 0.25) is 17.8 Å². The van der Waals surface area contributed by atoms with Crippen LogP contribution in [0.5, 0.6) is 34.5 Å². The number of hydrogen-bond donors (Lipinski definition) is 7. The standard InChI is InChI=1S/C30H26O13/c31-16-5-1-14(2-6-16)4-10-23(34)40-13-22-25(36)27(38)28(39)30(43-22)42-20-9-7-17-24(35)21(41-29(17)26(20)37)12-15-3-8-18(32)19(33)11-15/h1-12,22,25,27-28,30-33,36-39H,13H2/b10-4+,21-12+/t22?,25-,27+,28?,30-/m1/s1. The summed E-state index contributed by atoms with van der Waals surface area (Å²) in [5.74, 6) is -3.45. The Labute approximate surface area is 243 Å². The zero-order valence-electron chi connectivity index (χ0n) is 22.1. The van der Waals surface area contributed by atoms with Gasteiger partial charge in [0.05, 0.1) is 5.56 Å². The Morgan fingerprint density at radius 3 is 2.30 bits per heavy atom. The van der Waals surface area contributed by atoms with Crippen molar-refractivity contribution < 1.29 is 64.3 Å². The number of aromatic hydroxyl groups is 4. The minimum atomic E-state index is -1.79. The average molecular weight is 595 g/mol. The van der Waals surface area contributed by atoms with Crippen molar-refractivity contribution in [2.24, 2.45) is 0 Å². The van der Waals surface area contributed by atoms with Crippen molar-refractivity contribution in [3.05, 3.63) is 83.1 Å². The van der Waals surface area contributed by atoms with E-state index in [0.717, 1.165) is 6.08 Å². The molecular formula is C30H26O13. The number of hydrogen-bond acceptors (Lipinski definition) is 13. The second-order valence-electron chi connectivity index (χ2n) is 9.66. The lowest BCUT2D eigenvalue weighted by Gasteiger charge is -2.39. The van der Waals surface area contributed by atoms with Crippen molar-refractivity contribution in [1.82, 2.24) is 0 Å². The zero-order valence-corrected chi connectivity index (χ0v) is 22.1. The fraction of sp³-hybridized carbons (Fsp3) is 0.200. The van der Waals surface area contributed by atoms with E-state index in [1.807, 2.05) is 0 Å². The highest BCUT2D eigenvalue weighted by molar-refractivity contribution is 6.15. The number of ketones is 1. The highest BCUT2D eigenvalue weighted by Gasteiger charge is 2.46. The highest BCUT2D eigenvalue weighted by atomic mass is 16.7. The minimum Gasteiger partial charge on any atom is -0.508 e. The van der Waals surface area contributed by atoms with Crippen molar-refractivity contribution >= 4 is 23.9 Å². The van der Waals surface area contributed by atoms with Crippen LogP contribution < -0.4 is 9.47 Å². The summed E-state index contributed by atoms with van der Waals surface area (Å²) in [4.78, 5) is 25.0. The van der Waals surface area contributed by atoms with Crippen LogP contribution >= 0.6 is 0 Å². The van der Waals surface area contributed by atoms with Gasteiger partial charge in [0.25, 0.3) is 0 Å². The maximum absolute atomic E-state index is 12.8. The van der Waals surface area contributed by atoms with Gasteiger partial charge in [-0.05, 0) is 59.7 Å². The number of benzene rings is 3. The third-order valence-electron chi connectivity index (χ3n) is 6.68. The number of Topliss-reactive ketones (excluding diaryl/α,β-unsaturated/α-hetero) is 1. The lowest BCUT2D eigenvalue weighted by Crippen LogP contribution is -2.60. The lowest BCUT2D eigenvalue weighted by molar-refractivity contribution is -0.278. The number of esters is 1. The van der Waals surface area contributed by atoms with Crippen LogP contribution in [-0.4, -0.2) is 84.8 Å². The van der Waals surface area contributed by atoms with Crippen LogP contribution in [0.4, 0.5) is 0 Å². The molecule has 2 aliphatic rings. The number of carbonyl (C=O) groups excluding carboxylic acids is 2. The monoisotopic (exact) mass is 594 g/mol. The lowest BCUT2D eigenvalue weighted by atomic mass is 9.99. The predicted octanol–water partition coefficient (Wildman–Crippen LogP) is 1.57. The maximum atomic E-state index is 12.8. The van der Waals surface area contributed by atoms with E-state index in [1.54, 1.807) is 12.1 Å². The predicted molar refractivity (Wildman–Crippen MR) is 146 cm³/mol. The van der Waals surface area contributed by atoms with E-state index in [9.17, 15) is 45.3 Å². The minimum absolute atomic E-state index is 0.00943. The summed E-state index contributed by atoms with van der Waals surface area (Å²) in [6.45, 7) is -0.529. The molecule has 0 aromatic heterocycles. The van der Waals surface area contributed by atoms with E-state index in [-0.39, 0.29) is 34.3 Å². The average Bonchev–Trinajstić information content (AvgIpc) is 3.30. The topological polar surface area (TPSA) is 213 Å². The summed E-state index contributed by atoms with van der Waals surface area (Å²) in [5, 5.41) is 70.5. The van der Waals surface area contributed by atoms with Gasteiger partial charge < -0.3 is 54.7 Å². The highest BCUT2D eigenvalue weighted by Crippen LogP contribution is 2.45. The number of phenols is 4. The molecule has 224 valence electrons. The molecule has 5 atom stereocenters. The molecule has 2 unspecified atom stereocenters. The summed E-state index contributed by atoms with van der Waals surface area (Å²) in [7, 11) is 0. The molecule has 3 aromatic carbocycles. The van der Waals surface area contributed by atoms with Gasteiger partial charge in [0.1, 0.15) is 36.8 Å². The second-order valence-corrected chi connectivity index (χ2v) is 9.66. The van der Waals surface area contributed by atoms with Gasteiger partial charge >= 0.3 is 5.97 Å². The van der Waals surface area contributed by atoms with Gasteiger partial charge in [0, 0.05) is 6.08 Å². The Bertz CT molecular complexity index is 1590. The zero-order chi connectivity index (χ0) is 30.8. The first kappa shape index (κ1) is 29.4. The molecule has 1 saturated heterocycles. The van der Waals surface area contributed by atoms with Crippen molar-refractivity contribution in [2.45, 2.75) is 30.7 Å². The Balaban J connectivity index is 1.26. The van der Waals surface area contributed by atoms with Crippen LogP contribution in [0.25, 0.3) is 12.2 Å². The van der Waals surface area contributed by atoms with Crippen molar-refractivity contribution in [2.75, 3.05) is 6.61 Å². The molecule has 0 spiro atoms. The van der Waals surface area contributed by atoms with Gasteiger partial charge in [-0.3, -0.25) is 4.79 Å². The molecule has 0 saturated carbocycles. The first-order valence-corrected chi connectivity index (χ1v) is 12.8. The van der Waals surface area contributed by atoms with Crippen molar-refractivity contribution in [3.63, 3.8) is 0 Å². The third kappa shape index (κ3) is 6.24. The first-order chi connectivity index (χ1) is 20.5. The summed E-state index contributed by atoms with van der Waals surface area (Å²) in [6.07, 6.45) is -4.37. The summed E-state index contributed by atoms with van der Waals surface area (Å²) in [5.41, 5.74) is 0.930. The molecule has 0 aliphatic carbocycles. The van der Waals surface area contributed by atoms with Gasteiger partial charge in [0.15, 0.2) is 28.8 Å². The summed E-state index contributed by atoms with van der Waals surface area (Å²) < 4.78 is 21.7. The first-order valence-electron chi connectivity index (χ1n) is 12.8. The third-order valence-corrected chi connectivity index (χ3v) is 6.68. The SMILES string of the molecule is O=C(/C=C/c1ccc(O)cc1)OCC1O[C@@H](Oc2ccc3c(c2O)O/C(=C/c2ccc(O)c(O)c2)C3=O)C(O)[C@@H](O)[C@@H]1O. The molecule has 13 nitrogen and oxygen atoms in total. The largest absolute Gasteiger partial charge is 0.508 e.